The van der Waals surface area contributed by atoms with E-state index in [0.717, 1.165) is 35.1 Å². The lowest BCUT2D eigenvalue weighted by Gasteiger charge is -2.36. The molecule has 3 aromatic rings. The number of aliphatic carboxylic acids is 1. The number of benzene rings is 2. The van der Waals surface area contributed by atoms with Gasteiger partial charge in [-0.1, -0.05) is 66.6 Å². The molecule has 1 unspecified atom stereocenters. The van der Waals surface area contributed by atoms with Gasteiger partial charge in [0.05, 0.1) is 11.2 Å². The van der Waals surface area contributed by atoms with Gasteiger partial charge in [-0.15, -0.1) is 16.1 Å². The summed E-state index contributed by atoms with van der Waals surface area (Å²) in [5.74, 6) is 2.93. The maximum absolute atomic E-state index is 14.2. The third-order valence-electron chi connectivity index (χ3n) is 5.29. The van der Waals surface area contributed by atoms with Crippen molar-refractivity contribution >= 4 is 28.5 Å². The Hall–Kier alpha value is -3.51. The number of carboxylic acids is 1. The van der Waals surface area contributed by atoms with Crippen LogP contribution in [0.25, 0.3) is 22.2 Å². The van der Waals surface area contributed by atoms with E-state index in [1.807, 2.05) is 36.4 Å². The van der Waals surface area contributed by atoms with Gasteiger partial charge in [0.1, 0.15) is 5.41 Å². The zero-order valence-electron chi connectivity index (χ0n) is 17.2. The molecule has 0 amide bonds. The number of hydrogen-bond acceptors (Lipinski definition) is 5. The van der Waals surface area contributed by atoms with Gasteiger partial charge in [0.15, 0.2) is 0 Å². The van der Waals surface area contributed by atoms with E-state index >= 15 is 0 Å². The van der Waals surface area contributed by atoms with Crippen molar-refractivity contribution in [3.05, 3.63) is 66.8 Å². The van der Waals surface area contributed by atoms with E-state index in [4.69, 9.17) is 9.52 Å². The highest BCUT2D eigenvalue weighted by atomic mass is 32.2. The van der Waals surface area contributed by atoms with Crippen LogP contribution in [-0.4, -0.2) is 32.7 Å². The average molecular weight is 470 g/mol. The van der Waals surface area contributed by atoms with Crippen molar-refractivity contribution in [2.75, 3.05) is 0 Å². The molecular formula is C24H17F3N2O3S. The first kappa shape index (κ1) is 22.7. The average Bonchev–Trinajstić information content (AvgIpc) is 3.26. The number of alkyl halides is 3. The highest BCUT2D eigenvalue weighted by Gasteiger charge is 2.57. The van der Waals surface area contributed by atoms with Gasteiger partial charge in [0.2, 0.25) is 5.89 Å². The lowest BCUT2D eigenvalue weighted by molar-refractivity contribution is -0.186. The lowest BCUT2D eigenvalue weighted by Crippen LogP contribution is -2.44. The Morgan fingerprint density at radius 3 is 2.52 bits per heavy atom. The molecular weight excluding hydrogens is 453 g/mol. The molecule has 1 heterocycles. The second-order valence-electron chi connectivity index (χ2n) is 7.31. The molecule has 0 saturated carbocycles. The van der Waals surface area contributed by atoms with Gasteiger partial charge in [-0.25, -0.2) is 0 Å². The molecule has 0 spiro atoms. The van der Waals surface area contributed by atoms with E-state index in [1.165, 1.54) is 6.92 Å². The first-order chi connectivity index (χ1) is 15.7. The van der Waals surface area contributed by atoms with Crippen LogP contribution in [0, 0.1) is 23.2 Å². The van der Waals surface area contributed by atoms with Crippen LogP contribution in [0.4, 0.5) is 13.2 Å². The van der Waals surface area contributed by atoms with Crippen LogP contribution in [0.3, 0.4) is 0 Å². The first-order valence-electron chi connectivity index (χ1n) is 9.84. The van der Waals surface area contributed by atoms with Gasteiger partial charge in [-0.05, 0) is 35.5 Å². The Morgan fingerprint density at radius 2 is 1.85 bits per heavy atom. The fourth-order valence-electron chi connectivity index (χ4n) is 3.58. The molecule has 0 fully saturated rings. The molecule has 168 valence electrons. The maximum Gasteiger partial charge on any atom is 0.403 e. The number of thioether (sulfide) groups is 1. The van der Waals surface area contributed by atoms with Crippen molar-refractivity contribution in [1.82, 2.24) is 10.2 Å². The van der Waals surface area contributed by atoms with Crippen LogP contribution in [0.5, 0.6) is 0 Å². The SMILES string of the molecule is CC#CC(Sc1nnc(-c2cccc3ccccc23)o1)C1(C(F)(F)F)C=CC(C(=O)O)C=C1. The Labute approximate surface area is 191 Å². The van der Waals surface area contributed by atoms with Gasteiger partial charge in [-0.2, -0.15) is 13.2 Å². The van der Waals surface area contributed by atoms with Crippen molar-refractivity contribution in [3.8, 4) is 23.3 Å². The number of halogens is 3. The third kappa shape index (κ3) is 4.26. The van der Waals surface area contributed by atoms with Crippen LogP contribution in [0.2, 0.25) is 0 Å². The van der Waals surface area contributed by atoms with Crippen LogP contribution in [0.15, 0.2) is 76.4 Å². The van der Waals surface area contributed by atoms with Crippen molar-refractivity contribution in [2.24, 2.45) is 11.3 Å². The maximum atomic E-state index is 14.2. The van der Waals surface area contributed by atoms with Gasteiger partial charge < -0.3 is 9.52 Å². The van der Waals surface area contributed by atoms with Gasteiger partial charge in [0.25, 0.3) is 5.22 Å². The highest BCUT2D eigenvalue weighted by Crippen LogP contribution is 2.51. The largest absolute Gasteiger partial charge is 0.481 e. The topological polar surface area (TPSA) is 76.2 Å². The lowest BCUT2D eigenvalue weighted by atomic mass is 9.78. The van der Waals surface area contributed by atoms with Crippen molar-refractivity contribution in [2.45, 2.75) is 23.6 Å². The third-order valence-corrected chi connectivity index (χ3v) is 6.40. The molecule has 1 aliphatic carbocycles. The van der Waals surface area contributed by atoms with E-state index in [9.17, 15) is 18.0 Å². The van der Waals surface area contributed by atoms with E-state index in [1.54, 1.807) is 6.07 Å². The van der Waals surface area contributed by atoms with Crippen molar-refractivity contribution < 1.29 is 27.5 Å². The summed E-state index contributed by atoms with van der Waals surface area (Å²) in [6, 6.07) is 13.1. The van der Waals surface area contributed by atoms with Crippen molar-refractivity contribution in [3.63, 3.8) is 0 Å². The minimum Gasteiger partial charge on any atom is -0.481 e. The second-order valence-corrected chi connectivity index (χ2v) is 8.36. The minimum absolute atomic E-state index is 0.0727. The normalized spacial score (nSPS) is 20.9. The summed E-state index contributed by atoms with van der Waals surface area (Å²) < 4.78 is 48.5. The molecule has 1 aliphatic rings. The molecule has 0 bridgehead atoms. The fourth-order valence-corrected chi connectivity index (χ4v) is 4.66. The number of carboxylic acid groups (broad SMARTS) is 1. The Balaban J connectivity index is 1.70. The summed E-state index contributed by atoms with van der Waals surface area (Å²) in [6.07, 6.45) is -0.971. The number of nitrogens with zero attached hydrogens (tertiary/aromatic N) is 2. The predicted molar refractivity (Wildman–Crippen MR) is 118 cm³/mol. The highest BCUT2D eigenvalue weighted by molar-refractivity contribution is 8.00. The summed E-state index contributed by atoms with van der Waals surface area (Å²) in [5.41, 5.74) is -1.85. The van der Waals surface area contributed by atoms with Crippen LogP contribution < -0.4 is 0 Å². The second kappa shape index (κ2) is 8.79. The standard InChI is InChI=1S/C24H17F3N2O3S/c1-2-6-19(23(24(25,26)27)13-11-16(12-14-23)21(30)31)33-22-29-28-20(32-22)18-10-5-8-15-7-3-4-9-17(15)18/h3-5,7-14,16,19H,1H3,(H,30,31). The van der Waals surface area contributed by atoms with Gasteiger partial charge in [-0.3, -0.25) is 4.79 Å². The van der Waals surface area contributed by atoms with Crippen molar-refractivity contribution in [1.29, 1.82) is 0 Å². The molecule has 33 heavy (non-hydrogen) atoms. The molecule has 0 saturated heterocycles. The van der Waals surface area contributed by atoms with E-state index in [2.05, 4.69) is 22.0 Å². The fraction of sp³-hybridized carbons (Fsp3) is 0.208. The molecule has 1 aromatic heterocycles. The summed E-state index contributed by atoms with van der Waals surface area (Å²) >= 11 is 0.692. The predicted octanol–water partition coefficient (Wildman–Crippen LogP) is 5.75. The molecule has 0 aliphatic heterocycles. The zero-order chi connectivity index (χ0) is 23.6. The molecule has 0 radical (unpaired) electrons. The summed E-state index contributed by atoms with van der Waals surface area (Å²) in [7, 11) is 0. The Morgan fingerprint density at radius 1 is 1.15 bits per heavy atom. The smallest absolute Gasteiger partial charge is 0.403 e. The van der Waals surface area contributed by atoms with E-state index in [0.29, 0.717) is 17.3 Å². The Bertz CT molecular complexity index is 1300. The molecule has 4 rings (SSSR count). The van der Waals surface area contributed by atoms with E-state index in [-0.39, 0.29) is 11.1 Å². The number of hydrogen-bond donors (Lipinski definition) is 1. The summed E-state index contributed by atoms with van der Waals surface area (Å²) in [5, 5.41) is 17.5. The zero-order valence-corrected chi connectivity index (χ0v) is 18.0. The number of fused-ring (bicyclic) bond motifs is 1. The number of rotatable bonds is 5. The van der Waals surface area contributed by atoms with Gasteiger partial charge >= 0.3 is 12.1 Å². The number of carbonyl (C=O) groups is 1. The van der Waals surface area contributed by atoms with Crippen LogP contribution in [0.1, 0.15) is 6.92 Å². The molecule has 1 atom stereocenters. The summed E-state index contributed by atoms with van der Waals surface area (Å²) in [4.78, 5) is 11.2. The van der Waals surface area contributed by atoms with E-state index < -0.39 is 28.7 Å². The Kier molecular flexibility index (Phi) is 6.04. The minimum atomic E-state index is -4.73. The summed E-state index contributed by atoms with van der Waals surface area (Å²) in [6.45, 7) is 1.43. The van der Waals surface area contributed by atoms with Gasteiger partial charge in [0, 0.05) is 5.56 Å². The molecule has 9 heteroatoms. The quantitative estimate of drug-likeness (QED) is 0.291. The first-order valence-corrected chi connectivity index (χ1v) is 10.7. The van der Waals surface area contributed by atoms with Crippen LogP contribution in [-0.2, 0) is 4.79 Å². The monoisotopic (exact) mass is 470 g/mol. The molecule has 5 nitrogen and oxygen atoms in total. The van der Waals surface area contributed by atoms with Crippen LogP contribution >= 0.6 is 11.8 Å². The molecule has 1 N–H and O–H groups in total. The molecule has 2 aromatic carbocycles. The number of allylic oxidation sites excluding steroid dienone is 2. The number of aromatic nitrogens is 2.